The zero-order valence-electron chi connectivity index (χ0n) is 9.81. The van der Waals surface area contributed by atoms with Gasteiger partial charge in [0.15, 0.2) is 0 Å². The molecule has 1 rings (SSSR count). The van der Waals surface area contributed by atoms with Gasteiger partial charge >= 0.3 is 0 Å². The molecule has 4 heteroatoms. The maximum Gasteiger partial charge on any atom is 0.129 e. The van der Waals surface area contributed by atoms with E-state index < -0.39 is 0 Å². The summed E-state index contributed by atoms with van der Waals surface area (Å²) < 4.78 is 18.5. The van der Waals surface area contributed by atoms with E-state index >= 15 is 0 Å². The fourth-order valence-corrected chi connectivity index (χ4v) is 1.67. The number of hydrogen-bond acceptors (Lipinski definition) is 2. The Balaban J connectivity index is 2.68. The topological polar surface area (TPSA) is 21.3 Å². The number of hydrogen-bond donors (Lipinski definition) is 1. The zero-order valence-corrected chi connectivity index (χ0v) is 10.6. The van der Waals surface area contributed by atoms with Crippen LogP contribution in [0.3, 0.4) is 0 Å². The largest absolute Gasteiger partial charge is 0.383 e. The predicted octanol–water partition coefficient (Wildman–Crippen LogP) is 2.99. The lowest BCUT2D eigenvalue weighted by molar-refractivity contribution is 0.127. The summed E-state index contributed by atoms with van der Waals surface area (Å²) in [5.74, 6) is -0.284. The molecule has 0 radical (unpaired) electrons. The van der Waals surface area contributed by atoms with Crippen LogP contribution in [0.4, 0.5) is 4.39 Å². The molecule has 0 bridgehead atoms. The van der Waals surface area contributed by atoms with Gasteiger partial charge in [0.05, 0.1) is 6.61 Å². The fraction of sp³-hybridized carbons (Fsp3) is 0.500. The number of nitrogens with one attached hydrogen (secondary N) is 1. The highest BCUT2D eigenvalue weighted by Gasteiger charge is 2.18. The van der Waals surface area contributed by atoms with Crippen LogP contribution in [0.1, 0.15) is 19.4 Å². The van der Waals surface area contributed by atoms with Crippen molar-refractivity contribution in [1.82, 2.24) is 5.32 Å². The van der Waals surface area contributed by atoms with Gasteiger partial charge in [-0.3, -0.25) is 0 Å². The first kappa shape index (κ1) is 13.4. The van der Waals surface area contributed by atoms with E-state index in [1.165, 1.54) is 6.07 Å². The Morgan fingerprint density at radius 2 is 2.12 bits per heavy atom. The van der Waals surface area contributed by atoms with Gasteiger partial charge in [-0.15, -0.1) is 0 Å². The van der Waals surface area contributed by atoms with Crippen molar-refractivity contribution in [3.05, 3.63) is 34.6 Å². The van der Waals surface area contributed by atoms with Crippen molar-refractivity contribution in [1.29, 1.82) is 0 Å². The standard InChI is InChI=1S/C12H17ClFNO/c1-12(2,8-16-3)15-7-9-10(13)5-4-6-11(9)14/h4-6,15H,7-8H2,1-3H3. The van der Waals surface area contributed by atoms with Crippen molar-refractivity contribution in [3.63, 3.8) is 0 Å². The molecule has 0 amide bonds. The average molecular weight is 246 g/mol. The summed E-state index contributed by atoms with van der Waals surface area (Å²) in [5.41, 5.74) is 0.286. The second-order valence-corrected chi connectivity index (χ2v) is 4.78. The predicted molar refractivity (Wildman–Crippen MR) is 64.2 cm³/mol. The van der Waals surface area contributed by atoms with Crippen LogP contribution in [0.5, 0.6) is 0 Å². The van der Waals surface area contributed by atoms with Crippen LogP contribution < -0.4 is 5.32 Å². The van der Waals surface area contributed by atoms with Crippen molar-refractivity contribution in [3.8, 4) is 0 Å². The molecule has 0 spiro atoms. The molecule has 0 aliphatic carbocycles. The van der Waals surface area contributed by atoms with Crippen molar-refractivity contribution in [2.24, 2.45) is 0 Å². The number of benzene rings is 1. The second-order valence-electron chi connectivity index (χ2n) is 4.37. The van der Waals surface area contributed by atoms with E-state index in [0.717, 1.165) is 0 Å². The monoisotopic (exact) mass is 245 g/mol. The van der Waals surface area contributed by atoms with Crippen molar-refractivity contribution in [2.75, 3.05) is 13.7 Å². The van der Waals surface area contributed by atoms with Crippen LogP contribution in [0.2, 0.25) is 5.02 Å². The fourth-order valence-electron chi connectivity index (χ4n) is 1.44. The van der Waals surface area contributed by atoms with Gasteiger partial charge in [0.1, 0.15) is 5.82 Å². The van der Waals surface area contributed by atoms with E-state index in [1.54, 1.807) is 19.2 Å². The molecule has 90 valence electrons. The smallest absolute Gasteiger partial charge is 0.129 e. The minimum atomic E-state index is -0.284. The van der Waals surface area contributed by atoms with Gasteiger partial charge in [0.2, 0.25) is 0 Å². The highest BCUT2D eigenvalue weighted by atomic mass is 35.5. The Kier molecular flexibility index (Phi) is 4.71. The third-order valence-electron chi connectivity index (χ3n) is 2.31. The summed E-state index contributed by atoms with van der Waals surface area (Å²) in [6.07, 6.45) is 0. The SMILES string of the molecule is COCC(C)(C)NCc1c(F)cccc1Cl. The molecule has 1 aromatic carbocycles. The Labute approximate surface area is 101 Å². The summed E-state index contributed by atoms with van der Waals surface area (Å²) in [7, 11) is 1.64. The summed E-state index contributed by atoms with van der Waals surface area (Å²) in [6.45, 7) is 4.93. The lowest BCUT2D eigenvalue weighted by Gasteiger charge is -2.25. The van der Waals surface area contributed by atoms with Gasteiger partial charge in [-0.05, 0) is 26.0 Å². The average Bonchev–Trinajstić information content (AvgIpc) is 2.16. The quantitative estimate of drug-likeness (QED) is 0.861. The molecule has 0 fully saturated rings. The van der Waals surface area contributed by atoms with Gasteiger partial charge in [-0.2, -0.15) is 0 Å². The first-order valence-corrected chi connectivity index (χ1v) is 5.51. The summed E-state index contributed by atoms with van der Waals surface area (Å²) in [5, 5.41) is 3.65. The maximum atomic E-state index is 13.5. The molecule has 0 saturated heterocycles. The van der Waals surface area contributed by atoms with Gasteiger partial charge in [-0.1, -0.05) is 17.7 Å². The summed E-state index contributed by atoms with van der Waals surface area (Å²) in [4.78, 5) is 0. The molecule has 2 nitrogen and oxygen atoms in total. The van der Waals surface area contributed by atoms with Gasteiger partial charge in [0, 0.05) is 29.8 Å². The number of rotatable bonds is 5. The van der Waals surface area contributed by atoms with E-state index in [0.29, 0.717) is 23.7 Å². The Hall–Kier alpha value is -0.640. The highest BCUT2D eigenvalue weighted by molar-refractivity contribution is 6.31. The van der Waals surface area contributed by atoms with Crippen LogP contribution in [0.15, 0.2) is 18.2 Å². The van der Waals surface area contributed by atoms with E-state index in [9.17, 15) is 4.39 Å². The molecule has 0 heterocycles. The molecule has 0 aromatic heterocycles. The number of methoxy groups -OCH3 is 1. The summed E-state index contributed by atoms with van der Waals surface area (Å²) >= 11 is 5.92. The maximum absolute atomic E-state index is 13.5. The molecule has 0 aliphatic rings. The van der Waals surface area contributed by atoms with Crippen molar-refractivity contribution < 1.29 is 9.13 Å². The van der Waals surface area contributed by atoms with Gasteiger partial charge in [-0.25, -0.2) is 4.39 Å². The van der Waals surface area contributed by atoms with E-state index in [4.69, 9.17) is 16.3 Å². The van der Waals surface area contributed by atoms with Crippen molar-refractivity contribution >= 4 is 11.6 Å². The Morgan fingerprint density at radius 3 is 2.69 bits per heavy atom. The summed E-state index contributed by atoms with van der Waals surface area (Å²) in [6, 6.07) is 4.69. The number of halogens is 2. The normalized spacial score (nSPS) is 11.8. The molecular formula is C12H17ClFNO. The molecular weight excluding hydrogens is 229 g/mol. The van der Waals surface area contributed by atoms with Crippen LogP contribution in [-0.2, 0) is 11.3 Å². The first-order valence-electron chi connectivity index (χ1n) is 5.13. The molecule has 1 aromatic rings. The van der Waals surface area contributed by atoms with Crippen LogP contribution >= 0.6 is 11.6 Å². The molecule has 0 saturated carbocycles. The zero-order chi connectivity index (χ0) is 12.2. The molecule has 1 N–H and O–H groups in total. The van der Waals surface area contributed by atoms with Crippen LogP contribution in [0, 0.1) is 5.82 Å². The van der Waals surface area contributed by atoms with E-state index in [1.807, 2.05) is 13.8 Å². The lowest BCUT2D eigenvalue weighted by Crippen LogP contribution is -2.42. The van der Waals surface area contributed by atoms with Gasteiger partial charge < -0.3 is 10.1 Å². The Morgan fingerprint density at radius 1 is 1.44 bits per heavy atom. The van der Waals surface area contributed by atoms with Crippen LogP contribution in [-0.4, -0.2) is 19.3 Å². The first-order chi connectivity index (χ1) is 7.46. The minimum absolute atomic E-state index is 0.208. The number of ether oxygens (including phenoxy) is 1. The molecule has 0 aliphatic heterocycles. The second kappa shape index (κ2) is 5.62. The van der Waals surface area contributed by atoms with E-state index in [2.05, 4.69) is 5.32 Å². The minimum Gasteiger partial charge on any atom is -0.383 e. The molecule has 0 atom stereocenters. The van der Waals surface area contributed by atoms with Crippen molar-refractivity contribution in [2.45, 2.75) is 25.9 Å². The molecule has 0 unspecified atom stereocenters. The lowest BCUT2D eigenvalue weighted by atomic mass is 10.1. The van der Waals surface area contributed by atoms with E-state index in [-0.39, 0.29) is 11.4 Å². The van der Waals surface area contributed by atoms with Gasteiger partial charge in [0.25, 0.3) is 0 Å². The van der Waals surface area contributed by atoms with Crippen LogP contribution in [0.25, 0.3) is 0 Å². The Bertz CT molecular complexity index is 335. The third-order valence-corrected chi connectivity index (χ3v) is 2.66. The third kappa shape index (κ3) is 3.74. The highest BCUT2D eigenvalue weighted by Crippen LogP contribution is 2.19. The molecule has 16 heavy (non-hydrogen) atoms.